The van der Waals surface area contributed by atoms with Crippen molar-refractivity contribution < 1.29 is 9.53 Å². The number of anilines is 1. The number of ether oxygens (including phenoxy) is 1. The molecule has 0 radical (unpaired) electrons. The number of amides is 1. The van der Waals surface area contributed by atoms with Crippen LogP contribution in [-0.2, 0) is 4.79 Å². The Morgan fingerprint density at radius 2 is 1.81 bits per heavy atom. The van der Waals surface area contributed by atoms with E-state index in [1.807, 2.05) is 49.4 Å². The molecule has 0 fully saturated rings. The van der Waals surface area contributed by atoms with Gasteiger partial charge in [0.25, 0.3) is 0 Å². The van der Waals surface area contributed by atoms with E-state index >= 15 is 0 Å². The Morgan fingerprint density at radius 1 is 1.10 bits per heavy atom. The van der Waals surface area contributed by atoms with Crippen molar-refractivity contribution in [2.75, 3.05) is 5.32 Å². The summed E-state index contributed by atoms with van der Waals surface area (Å²) < 4.78 is 5.84. The van der Waals surface area contributed by atoms with Crippen molar-refractivity contribution in [1.29, 1.82) is 0 Å². The molecule has 0 aliphatic heterocycles. The monoisotopic (exact) mass is 280 g/mol. The van der Waals surface area contributed by atoms with E-state index in [9.17, 15) is 4.79 Å². The van der Waals surface area contributed by atoms with Crippen molar-refractivity contribution in [3.63, 3.8) is 0 Å². The molecule has 0 bridgehead atoms. The van der Waals surface area contributed by atoms with Crippen LogP contribution in [0.15, 0.2) is 48.7 Å². The summed E-state index contributed by atoms with van der Waals surface area (Å²) in [5, 5.41) is 3.73. The number of benzene rings is 2. The molecule has 0 aliphatic carbocycles. The van der Waals surface area contributed by atoms with Crippen molar-refractivity contribution in [2.45, 2.75) is 13.8 Å². The summed E-state index contributed by atoms with van der Waals surface area (Å²) in [6, 6.07) is 13.6. The highest BCUT2D eigenvalue weighted by Crippen LogP contribution is 2.29. The fourth-order valence-electron chi connectivity index (χ4n) is 2.20. The van der Waals surface area contributed by atoms with Gasteiger partial charge in [-0.05, 0) is 37.3 Å². The van der Waals surface area contributed by atoms with Crippen LogP contribution < -0.4 is 10.1 Å². The Labute approximate surface area is 122 Å². The fraction of sp³-hybridized carbons (Fsp3) is 0.118. The number of aryl methyl sites for hydroxylation is 1. The molecule has 4 nitrogen and oxygen atoms in total. The molecule has 0 spiro atoms. The minimum atomic E-state index is -0.0965. The van der Waals surface area contributed by atoms with Gasteiger partial charge in [0.15, 0.2) is 0 Å². The fourth-order valence-corrected chi connectivity index (χ4v) is 2.20. The van der Waals surface area contributed by atoms with E-state index in [1.54, 1.807) is 6.20 Å². The van der Waals surface area contributed by atoms with E-state index in [0.29, 0.717) is 0 Å². The summed E-state index contributed by atoms with van der Waals surface area (Å²) in [7, 11) is 0. The van der Waals surface area contributed by atoms with Gasteiger partial charge in [0.2, 0.25) is 5.91 Å². The van der Waals surface area contributed by atoms with Crippen molar-refractivity contribution in [3.05, 3.63) is 54.2 Å². The first-order valence-electron chi connectivity index (χ1n) is 6.75. The highest BCUT2D eigenvalue weighted by atomic mass is 16.5. The third-order valence-electron chi connectivity index (χ3n) is 3.22. The zero-order valence-electron chi connectivity index (χ0n) is 11.9. The van der Waals surface area contributed by atoms with Crippen molar-refractivity contribution in [1.82, 2.24) is 4.98 Å². The van der Waals surface area contributed by atoms with E-state index in [2.05, 4.69) is 10.3 Å². The Morgan fingerprint density at radius 3 is 2.52 bits per heavy atom. The van der Waals surface area contributed by atoms with Crippen molar-refractivity contribution >= 4 is 22.5 Å². The molecule has 1 amide bonds. The number of rotatable bonds is 3. The molecule has 2 aromatic carbocycles. The highest BCUT2D eigenvalue weighted by Gasteiger charge is 2.07. The van der Waals surface area contributed by atoms with Gasteiger partial charge in [-0.2, -0.15) is 0 Å². The molecule has 0 atom stereocenters. The number of aromatic nitrogens is 1. The van der Waals surface area contributed by atoms with E-state index in [-0.39, 0.29) is 5.91 Å². The normalized spacial score (nSPS) is 10.6. The Hall–Kier alpha value is -2.75. The smallest absolute Gasteiger partial charge is 0.221 e. The topological polar surface area (TPSA) is 54.1 Å². The summed E-state index contributed by atoms with van der Waals surface area (Å²) in [5.41, 5.74) is 2.90. The highest BCUT2D eigenvalue weighted by molar-refractivity contribution is 6.01. The van der Waals surface area contributed by atoms with Crippen LogP contribution in [0, 0.1) is 6.92 Å². The lowest BCUT2D eigenvalue weighted by Gasteiger charge is -2.07. The Bertz CT molecular complexity index is 788. The summed E-state index contributed by atoms with van der Waals surface area (Å²) in [6.45, 7) is 3.53. The third kappa shape index (κ3) is 2.89. The molecule has 3 rings (SSSR count). The molecule has 2 N–H and O–H groups in total. The summed E-state index contributed by atoms with van der Waals surface area (Å²) in [4.78, 5) is 14.3. The molecule has 0 unspecified atom stereocenters. The second-order valence-electron chi connectivity index (χ2n) is 5.01. The molecule has 0 saturated carbocycles. The number of carbonyl (C=O) groups excluding carboxylic acids is 1. The predicted octanol–water partition coefficient (Wildman–Crippen LogP) is 4.23. The second kappa shape index (κ2) is 5.32. The number of hydrogen-bond acceptors (Lipinski definition) is 2. The SMILES string of the molecule is CC(=O)Nc1c[nH]c2ccc(Oc3ccc(C)cc3)cc12. The van der Waals surface area contributed by atoms with Crippen molar-refractivity contribution in [2.24, 2.45) is 0 Å². The number of fused-ring (bicyclic) bond motifs is 1. The van der Waals surface area contributed by atoms with E-state index in [1.165, 1.54) is 12.5 Å². The molecule has 3 aromatic rings. The molecule has 4 heteroatoms. The summed E-state index contributed by atoms with van der Waals surface area (Å²) in [5.74, 6) is 1.43. The number of aromatic amines is 1. The van der Waals surface area contributed by atoms with Gasteiger partial charge in [-0.1, -0.05) is 17.7 Å². The van der Waals surface area contributed by atoms with Gasteiger partial charge in [-0.3, -0.25) is 4.79 Å². The molecule has 0 saturated heterocycles. The minimum absolute atomic E-state index is 0.0965. The van der Waals surface area contributed by atoms with Gasteiger partial charge < -0.3 is 15.0 Å². The van der Waals surface area contributed by atoms with Crippen molar-refractivity contribution in [3.8, 4) is 11.5 Å². The van der Waals surface area contributed by atoms with Crippen LogP contribution in [0.3, 0.4) is 0 Å². The molecular formula is C17H16N2O2. The summed E-state index contributed by atoms with van der Waals surface area (Å²) in [6.07, 6.45) is 1.78. The maximum absolute atomic E-state index is 11.2. The zero-order chi connectivity index (χ0) is 14.8. The largest absolute Gasteiger partial charge is 0.457 e. The zero-order valence-corrected chi connectivity index (χ0v) is 11.9. The first-order valence-corrected chi connectivity index (χ1v) is 6.75. The molecular weight excluding hydrogens is 264 g/mol. The average molecular weight is 280 g/mol. The number of nitrogens with one attached hydrogen (secondary N) is 2. The minimum Gasteiger partial charge on any atom is -0.457 e. The average Bonchev–Trinajstić information content (AvgIpc) is 2.83. The van der Waals surface area contributed by atoms with E-state index < -0.39 is 0 Å². The maximum Gasteiger partial charge on any atom is 0.221 e. The van der Waals surface area contributed by atoms with Gasteiger partial charge in [-0.25, -0.2) is 0 Å². The number of hydrogen-bond donors (Lipinski definition) is 2. The lowest BCUT2D eigenvalue weighted by molar-refractivity contribution is -0.114. The van der Waals surface area contributed by atoms with E-state index in [4.69, 9.17) is 4.74 Å². The Kier molecular flexibility index (Phi) is 3.36. The van der Waals surface area contributed by atoms with Crippen LogP contribution >= 0.6 is 0 Å². The van der Waals surface area contributed by atoms with Crippen LogP contribution in [0.25, 0.3) is 10.9 Å². The molecule has 1 heterocycles. The maximum atomic E-state index is 11.2. The number of carbonyl (C=O) groups is 1. The molecule has 21 heavy (non-hydrogen) atoms. The Balaban J connectivity index is 1.92. The predicted molar refractivity (Wildman–Crippen MR) is 83.9 cm³/mol. The van der Waals surface area contributed by atoms with Gasteiger partial charge in [0.1, 0.15) is 11.5 Å². The second-order valence-corrected chi connectivity index (χ2v) is 5.01. The van der Waals surface area contributed by atoms with Gasteiger partial charge in [-0.15, -0.1) is 0 Å². The first-order chi connectivity index (χ1) is 10.1. The van der Waals surface area contributed by atoms with Crippen LogP contribution in [0.2, 0.25) is 0 Å². The molecule has 0 aliphatic rings. The van der Waals surface area contributed by atoms with Gasteiger partial charge >= 0.3 is 0 Å². The first kappa shape index (κ1) is 13.2. The standard InChI is InChI=1S/C17H16N2O2/c1-11-3-5-13(6-4-11)21-14-7-8-16-15(9-14)17(10-18-16)19-12(2)20/h3-10,18H,1-2H3,(H,19,20). The molecule has 106 valence electrons. The quantitative estimate of drug-likeness (QED) is 0.754. The van der Waals surface area contributed by atoms with Crippen LogP contribution in [-0.4, -0.2) is 10.9 Å². The number of H-pyrrole nitrogens is 1. The van der Waals surface area contributed by atoms with Gasteiger partial charge in [0, 0.05) is 24.0 Å². The van der Waals surface area contributed by atoms with Crippen LogP contribution in [0.5, 0.6) is 11.5 Å². The van der Waals surface area contributed by atoms with Gasteiger partial charge in [0.05, 0.1) is 5.69 Å². The third-order valence-corrected chi connectivity index (χ3v) is 3.22. The molecule has 1 aromatic heterocycles. The van der Waals surface area contributed by atoms with E-state index in [0.717, 1.165) is 28.1 Å². The van der Waals surface area contributed by atoms with Crippen LogP contribution in [0.1, 0.15) is 12.5 Å². The van der Waals surface area contributed by atoms with Crippen LogP contribution in [0.4, 0.5) is 5.69 Å². The lowest BCUT2D eigenvalue weighted by atomic mass is 10.2. The summed E-state index contributed by atoms with van der Waals surface area (Å²) >= 11 is 0. The lowest BCUT2D eigenvalue weighted by Crippen LogP contribution is -2.04.